The molecule has 20 heavy (non-hydrogen) atoms. The van der Waals surface area contributed by atoms with Gasteiger partial charge in [0.15, 0.2) is 0 Å². The second-order valence-corrected chi connectivity index (χ2v) is 4.98. The van der Waals surface area contributed by atoms with Crippen LogP contribution in [-0.4, -0.2) is 40.0 Å². The lowest BCUT2D eigenvalue weighted by Gasteiger charge is -2.33. The summed E-state index contributed by atoms with van der Waals surface area (Å²) in [6, 6.07) is 4.65. The fraction of sp³-hybridized carbons (Fsp3) is 0.600. The third-order valence-electron chi connectivity index (χ3n) is 3.27. The predicted octanol–water partition coefficient (Wildman–Crippen LogP) is 2.33. The van der Waals surface area contributed by atoms with Gasteiger partial charge in [-0.15, -0.1) is 0 Å². The van der Waals surface area contributed by atoms with Gasteiger partial charge in [0, 0.05) is 38.5 Å². The molecule has 0 aliphatic heterocycles. The van der Waals surface area contributed by atoms with Crippen molar-refractivity contribution in [3.05, 3.63) is 29.6 Å². The lowest BCUT2D eigenvalue weighted by atomic mass is 10.0. The minimum absolute atomic E-state index is 0.151. The molecule has 0 aliphatic carbocycles. The molecule has 2 atom stereocenters. The van der Waals surface area contributed by atoms with Crippen molar-refractivity contribution in [1.29, 1.82) is 0 Å². The molecule has 2 unspecified atom stereocenters. The zero-order chi connectivity index (χ0) is 15.1. The normalized spacial score (nSPS) is 14.1. The second-order valence-electron chi connectivity index (χ2n) is 4.98. The Kier molecular flexibility index (Phi) is 6.91. The van der Waals surface area contributed by atoms with E-state index in [1.807, 2.05) is 6.92 Å². The number of ether oxygens (including phenoxy) is 2. The number of nitrogens with zero attached hydrogens (tertiary/aromatic N) is 1. The van der Waals surface area contributed by atoms with E-state index in [9.17, 15) is 4.39 Å². The Morgan fingerprint density at radius 3 is 2.50 bits per heavy atom. The molecule has 0 aromatic heterocycles. The van der Waals surface area contributed by atoms with Crippen LogP contribution < -0.4 is 10.6 Å². The second kappa shape index (κ2) is 8.19. The van der Waals surface area contributed by atoms with Crippen molar-refractivity contribution in [2.45, 2.75) is 25.9 Å². The Labute approximate surface area is 120 Å². The third kappa shape index (κ3) is 4.44. The lowest BCUT2D eigenvalue weighted by molar-refractivity contribution is 0.171. The number of halogens is 1. The summed E-state index contributed by atoms with van der Waals surface area (Å²) in [5, 5.41) is 0. The molecule has 1 rings (SSSR count). The molecular formula is C15H25FN2O2. The Bertz CT molecular complexity index is 413. The van der Waals surface area contributed by atoms with Crippen LogP contribution in [0, 0.1) is 5.82 Å². The maximum Gasteiger partial charge on any atom is 0.123 e. The molecule has 1 aromatic rings. The highest BCUT2D eigenvalue weighted by atomic mass is 19.1. The van der Waals surface area contributed by atoms with Crippen molar-refractivity contribution < 1.29 is 13.9 Å². The Morgan fingerprint density at radius 1 is 1.25 bits per heavy atom. The number of nitrogens with two attached hydrogens (primary N) is 1. The van der Waals surface area contributed by atoms with Gasteiger partial charge in [-0.25, -0.2) is 4.39 Å². The van der Waals surface area contributed by atoms with Crippen LogP contribution >= 0.6 is 0 Å². The molecule has 0 saturated carbocycles. The molecule has 4 nitrogen and oxygen atoms in total. The standard InChI is InChI=1S/C15H25FN2O2/c1-11(10-20-4)18(7-8-19-3)15-6-5-13(16)9-14(15)12(2)17/h5-6,9,11-12H,7-8,10,17H2,1-4H3. The largest absolute Gasteiger partial charge is 0.383 e. The first-order valence-electron chi connectivity index (χ1n) is 6.80. The van der Waals surface area contributed by atoms with Crippen LogP contribution in [0.2, 0.25) is 0 Å². The van der Waals surface area contributed by atoms with Crippen LogP contribution in [0.15, 0.2) is 18.2 Å². The van der Waals surface area contributed by atoms with E-state index in [0.29, 0.717) is 19.8 Å². The summed E-state index contributed by atoms with van der Waals surface area (Å²) < 4.78 is 23.8. The molecule has 0 radical (unpaired) electrons. The van der Waals surface area contributed by atoms with Crippen molar-refractivity contribution in [2.24, 2.45) is 5.73 Å². The van der Waals surface area contributed by atoms with Gasteiger partial charge in [0.25, 0.3) is 0 Å². The Hall–Kier alpha value is -1.17. The van der Waals surface area contributed by atoms with E-state index in [-0.39, 0.29) is 17.9 Å². The summed E-state index contributed by atoms with van der Waals surface area (Å²) in [4.78, 5) is 2.14. The molecule has 0 aliphatic rings. The van der Waals surface area contributed by atoms with E-state index in [4.69, 9.17) is 15.2 Å². The molecule has 1 aromatic carbocycles. The van der Waals surface area contributed by atoms with E-state index in [0.717, 1.165) is 11.3 Å². The van der Waals surface area contributed by atoms with Crippen LogP contribution in [0.25, 0.3) is 0 Å². The van der Waals surface area contributed by atoms with Crippen molar-refractivity contribution >= 4 is 5.69 Å². The highest BCUT2D eigenvalue weighted by Crippen LogP contribution is 2.27. The Morgan fingerprint density at radius 2 is 1.95 bits per heavy atom. The number of methoxy groups -OCH3 is 2. The van der Waals surface area contributed by atoms with Crippen molar-refractivity contribution in [3.63, 3.8) is 0 Å². The molecule has 0 heterocycles. The van der Waals surface area contributed by atoms with Gasteiger partial charge in [-0.3, -0.25) is 0 Å². The van der Waals surface area contributed by atoms with Crippen LogP contribution in [0.5, 0.6) is 0 Å². The monoisotopic (exact) mass is 284 g/mol. The first-order valence-corrected chi connectivity index (χ1v) is 6.80. The van der Waals surface area contributed by atoms with Gasteiger partial charge >= 0.3 is 0 Å². The summed E-state index contributed by atoms with van der Waals surface area (Å²) in [6.45, 7) is 5.79. The average Bonchev–Trinajstić information content (AvgIpc) is 2.40. The summed E-state index contributed by atoms with van der Waals surface area (Å²) in [6.07, 6.45) is 0. The summed E-state index contributed by atoms with van der Waals surface area (Å²) in [5.74, 6) is -0.271. The van der Waals surface area contributed by atoms with Crippen molar-refractivity contribution in [1.82, 2.24) is 0 Å². The SMILES string of the molecule is COCCN(c1ccc(F)cc1C(C)N)C(C)COC. The number of rotatable bonds is 8. The fourth-order valence-corrected chi connectivity index (χ4v) is 2.25. The molecule has 114 valence electrons. The summed E-state index contributed by atoms with van der Waals surface area (Å²) >= 11 is 0. The van der Waals surface area contributed by atoms with E-state index >= 15 is 0 Å². The Balaban J connectivity index is 3.11. The molecule has 0 fully saturated rings. The van der Waals surface area contributed by atoms with E-state index in [1.165, 1.54) is 12.1 Å². The molecular weight excluding hydrogens is 259 g/mol. The first kappa shape index (κ1) is 16.9. The maximum absolute atomic E-state index is 13.4. The smallest absolute Gasteiger partial charge is 0.123 e. The zero-order valence-corrected chi connectivity index (χ0v) is 12.7. The topological polar surface area (TPSA) is 47.7 Å². The van der Waals surface area contributed by atoms with Crippen LogP contribution in [0.4, 0.5) is 10.1 Å². The highest BCUT2D eigenvalue weighted by Gasteiger charge is 2.19. The zero-order valence-electron chi connectivity index (χ0n) is 12.7. The molecule has 0 spiro atoms. The van der Waals surface area contributed by atoms with Gasteiger partial charge in [0.2, 0.25) is 0 Å². The van der Waals surface area contributed by atoms with Crippen LogP contribution in [0.1, 0.15) is 25.5 Å². The van der Waals surface area contributed by atoms with Crippen LogP contribution in [0.3, 0.4) is 0 Å². The summed E-state index contributed by atoms with van der Waals surface area (Å²) in [5.41, 5.74) is 7.70. The van der Waals surface area contributed by atoms with Crippen molar-refractivity contribution in [2.75, 3.05) is 38.9 Å². The van der Waals surface area contributed by atoms with E-state index < -0.39 is 0 Å². The van der Waals surface area contributed by atoms with Gasteiger partial charge in [0.1, 0.15) is 5.82 Å². The van der Waals surface area contributed by atoms with Gasteiger partial charge in [-0.2, -0.15) is 0 Å². The van der Waals surface area contributed by atoms with Crippen LogP contribution in [-0.2, 0) is 9.47 Å². The van der Waals surface area contributed by atoms with Gasteiger partial charge < -0.3 is 20.1 Å². The molecule has 0 saturated heterocycles. The third-order valence-corrected chi connectivity index (χ3v) is 3.27. The quantitative estimate of drug-likeness (QED) is 0.796. The molecule has 0 bridgehead atoms. The first-order chi connectivity index (χ1) is 9.51. The van der Waals surface area contributed by atoms with Gasteiger partial charge in [-0.1, -0.05) is 0 Å². The fourth-order valence-electron chi connectivity index (χ4n) is 2.25. The van der Waals surface area contributed by atoms with E-state index in [1.54, 1.807) is 20.3 Å². The number of benzene rings is 1. The van der Waals surface area contributed by atoms with Gasteiger partial charge in [-0.05, 0) is 37.6 Å². The predicted molar refractivity (Wildman–Crippen MR) is 79.6 cm³/mol. The number of hydrogen-bond acceptors (Lipinski definition) is 4. The van der Waals surface area contributed by atoms with Crippen molar-refractivity contribution in [3.8, 4) is 0 Å². The number of anilines is 1. The molecule has 5 heteroatoms. The number of hydrogen-bond donors (Lipinski definition) is 1. The average molecular weight is 284 g/mol. The lowest BCUT2D eigenvalue weighted by Crippen LogP contribution is -2.39. The minimum atomic E-state index is -0.271. The highest BCUT2D eigenvalue weighted by molar-refractivity contribution is 5.56. The molecule has 2 N–H and O–H groups in total. The maximum atomic E-state index is 13.4. The molecule has 0 amide bonds. The van der Waals surface area contributed by atoms with E-state index in [2.05, 4.69) is 11.8 Å². The summed E-state index contributed by atoms with van der Waals surface area (Å²) in [7, 11) is 3.33. The minimum Gasteiger partial charge on any atom is -0.383 e. The van der Waals surface area contributed by atoms with Gasteiger partial charge in [0.05, 0.1) is 13.2 Å².